The molecule has 0 saturated carbocycles. The van der Waals surface area contributed by atoms with Gasteiger partial charge in [0.1, 0.15) is 18.2 Å². The Kier molecular flexibility index (Phi) is 4.55. The molecule has 28 heavy (non-hydrogen) atoms. The summed E-state index contributed by atoms with van der Waals surface area (Å²) in [5.74, 6) is 0.0973. The molecule has 4 rings (SSSR count). The van der Waals surface area contributed by atoms with Crippen molar-refractivity contribution in [3.63, 3.8) is 0 Å². The molecule has 9 nitrogen and oxygen atoms in total. The van der Waals surface area contributed by atoms with Gasteiger partial charge in [-0.05, 0) is 12.1 Å². The van der Waals surface area contributed by atoms with Crippen LogP contribution < -0.4 is 10.4 Å². The Hall–Kier alpha value is -3.27. The summed E-state index contributed by atoms with van der Waals surface area (Å²) in [5, 5.41) is 0. The van der Waals surface area contributed by atoms with Crippen molar-refractivity contribution in [2.45, 2.75) is 12.7 Å². The predicted molar refractivity (Wildman–Crippen MR) is 96.7 cm³/mol. The van der Waals surface area contributed by atoms with Crippen molar-refractivity contribution < 1.29 is 18.7 Å². The minimum Gasteiger partial charge on any atom is -0.484 e. The lowest BCUT2D eigenvalue weighted by molar-refractivity contribution is 0.0424. The fourth-order valence-corrected chi connectivity index (χ4v) is 3.06. The molecule has 0 atom stereocenters. The van der Waals surface area contributed by atoms with Crippen molar-refractivity contribution in [3.05, 3.63) is 52.6 Å². The van der Waals surface area contributed by atoms with Gasteiger partial charge in [0.05, 0.1) is 19.3 Å². The zero-order valence-electron chi connectivity index (χ0n) is 15.3. The number of para-hydroxylation sites is 1. The quantitative estimate of drug-likeness (QED) is 0.667. The van der Waals surface area contributed by atoms with Crippen LogP contribution in [0, 0.1) is 5.82 Å². The first-order chi connectivity index (χ1) is 13.5. The third kappa shape index (κ3) is 3.01. The van der Waals surface area contributed by atoms with E-state index in [4.69, 9.17) is 9.47 Å². The summed E-state index contributed by atoms with van der Waals surface area (Å²) in [6.07, 6.45) is 1.10. The third-order valence-corrected chi connectivity index (χ3v) is 4.55. The van der Waals surface area contributed by atoms with E-state index >= 15 is 0 Å². The summed E-state index contributed by atoms with van der Waals surface area (Å²) in [5.41, 5.74) is 0.151. The molecule has 1 amide bonds. The fourth-order valence-electron chi connectivity index (χ4n) is 3.06. The number of amides is 1. The molecule has 1 aromatic carbocycles. The van der Waals surface area contributed by atoms with Gasteiger partial charge in [0.2, 0.25) is 0 Å². The molecule has 2 aromatic heterocycles. The first kappa shape index (κ1) is 18.1. The summed E-state index contributed by atoms with van der Waals surface area (Å²) in [6, 6.07) is 5.60. The third-order valence-electron chi connectivity index (χ3n) is 4.55. The number of carbonyl (C=O) groups excluding carboxylic acids is 1. The number of hydrogen-bond donors (Lipinski definition) is 0. The molecule has 1 fully saturated rings. The minimum atomic E-state index is -0.512. The van der Waals surface area contributed by atoms with E-state index in [0.717, 1.165) is 4.57 Å². The molecule has 1 aliphatic rings. The zero-order valence-corrected chi connectivity index (χ0v) is 15.3. The van der Waals surface area contributed by atoms with Gasteiger partial charge in [-0.1, -0.05) is 12.1 Å². The average Bonchev–Trinajstić information content (AvgIpc) is 2.90. The molecule has 0 N–H and O–H groups in total. The maximum atomic E-state index is 13.7. The van der Waals surface area contributed by atoms with E-state index in [2.05, 4.69) is 9.97 Å². The highest BCUT2D eigenvalue weighted by molar-refractivity contribution is 5.88. The zero-order chi connectivity index (χ0) is 19.8. The number of nitrogens with zero attached hydrogens (tertiary/aromatic N) is 5. The molecule has 0 unspecified atom stereocenters. The van der Waals surface area contributed by atoms with Gasteiger partial charge in [-0.25, -0.2) is 28.5 Å². The minimum absolute atomic E-state index is 0.140. The first-order valence-electron chi connectivity index (χ1n) is 8.62. The maximum Gasteiger partial charge on any atom is 0.338 e. The summed E-state index contributed by atoms with van der Waals surface area (Å²) >= 11 is 0. The number of halogens is 1. The van der Waals surface area contributed by atoms with Crippen molar-refractivity contribution in [3.8, 4) is 5.75 Å². The predicted octanol–water partition coefficient (Wildman–Crippen LogP) is 1.15. The molecule has 0 aliphatic carbocycles. The van der Waals surface area contributed by atoms with E-state index in [1.165, 1.54) is 42.0 Å². The summed E-state index contributed by atoms with van der Waals surface area (Å²) in [4.78, 5) is 35.2. The number of benzene rings is 1. The van der Waals surface area contributed by atoms with Crippen molar-refractivity contribution in [2.75, 3.05) is 20.2 Å². The molecule has 0 bridgehead atoms. The summed E-state index contributed by atoms with van der Waals surface area (Å²) < 4.78 is 26.6. The second kappa shape index (κ2) is 7.04. The molecular formula is C18H18FN5O4. The van der Waals surface area contributed by atoms with Crippen LogP contribution in [0.2, 0.25) is 0 Å². The van der Waals surface area contributed by atoms with Crippen molar-refractivity contribution in [1.82, 2.24) is 24.0 Å². The van der Waals surface area contributed by atoms with Gasteiger partial charge in [-0.2, -0.15) is 0 Å². The molecule has 146 valence electrons. The highest BCUT2D eigenvalue weighted by Crippen LogP contribution is 2.22. The number of methoxy groups -OCH3 is 1. The number of hydrogen-bond acceptors (Lipinski definition) is 6. The van der Waals surface area contributed by atoms with Crippen molar-refractivity contribution >= 4 is 17.2 Å². The number of fused-ring (bicyclic) bond motifs is 1. The van der Waals surface area contributed by atoms with Gasteiger partial charge in [-0.3, -0.25) is 4.57 Å². The van der Waals surface area contributed by atoms with E-state index in [0.29, 0.717) is 17.0 Å². The number of carbonyl (C=O) groups is 1. The summed E-state index contributed by atoms with van der Waals surface area (Å²) in [7, 11) is 3.06. The topological polar surface area (TPSA) is 91.5 Å². The number of rotatable bonds is 4. The lowest BCUT2D eigenvalue weighted by atomic mass is 10.2. The Morgan fingerprint density at radius 3 is 2.79 bits per heavy atom. The molecule has 1 aliphatic heterocycles. The molecule has 0 spiro atoms. The normalized spacial score (nSPS) is 14.3. The van der Waals surface area contributed by atoms with Crippen LogP contribution in [-0.4, -0.2) is 56.3 Å². The van der Waals surface area contributed by atoms with E-state index in [1.807, 2.05) is 0 Å². The fraction of sp³-hybridized carbons (Fsp3) is 0.333. The van der Waals surface area contributed by atoms with E-state index in [1.54, 1.807) is 12.1 Å². The molecule has 3 heterocycles. The van der Waals surface area contributed by atoms with Gasteiger partial charge in [0, 0.05) is 14.2 Å². The monoisotopic (exact) mass is 387 g/mol. The van der Waals surface area contributed by atoms with Crippen molar-refractivity contribution in [1.29, 1.82) is 0 Å². The molecule has 0 radical (unpaired) electrons. The van der Waals surface area contributed by atoms with Gasteiger partial charge in [0.25, 0.3) is 0 Å². The molecule has 1 saturated heterocycles. The average molecular weight is 387 g/mol. The van der Waals surface area contributed by atoms with E-state index in [-0.39, 0.29) is 31.5 Å². The number of imidazole rings is 1. The Morgan fingerprint density at radius 1 is 1.32 bits per heavy atom. The summed E-state index contributed by atoms with van der Waals surface area (Å²) in [6.45, 7) is 0.696. The second-order valence-corrected chi connectivity index (χ2v) is 6.46. The largest absolute Gasteiger partial charge is 0.484 e. The van der Waals surface area contributed by atoms with Crippen LogP contribution in [0.4, 0.5) is 9.18 Å². The Labute approximate surface area is 158 Å². The Morgan fingerprint density at radius 2 is 2.07 bits per heavy atom. The molecule has 10 heteroatoms. The number of likely N-dealkylation sites (tertiary alicyclic amines) is 1. The Balaban J connectivity index is 1.53. The van der Waals surface area contributed by atoms with Crippen molar-refractivity contribution in [2.24, 2.45) is 7.05 Å². The van der Waals surface area contributed by atoms with Gasteiger partial charge >= 0.3 is 11.7 Å². The number of aromatic nitrogens is 4. The maximum absolute atomic E-state index is 13.7. The number of aryl methyl sites for hydroxylation is 1. The van der Waals surface area contributed by atoms with Crippen LogP contribution in [-0.2, 0) is 18.4 Å². The van der Waals surface area contributed by atoms with Crippen LogP contribution in [0.5, 0.6) is 5.75 Å². The van der Waals surface area contributed by atoms with Crippen LogP contribution in [0.1, 0.15) is 5.82 Å². The number of ether oxygens (including phenoxy) is 2. The van der Waals surface area contributed by atoms with E-state index in [9.17, 15) is 14.0 Å². The van der Waals surface area contributed by atoms with Gasteiger partial charge < -0.3 is 14.4 Å². The Bertz CT molecular complexity index is 1100. The molecule has 3 aromatic rings. The van der Waals surface area contributed by atoms with Gasteiger partial charge in [-0.15, -0.1) is 0 Å². The highest BCUT2D eigenvalue weighted by atomic mass is 19.1. The second-order valence-electron chi connectivity index (χ2n) is 6.46. The van der Waals surface area contributed by atoms with Crippen LogP contribution in [0.15, 0.2) is 35.3 Å². The first-order valence-corrected chi connectivity index (χ1v) is 8.62. The standard InChI is InChI=1S/C18H18FN5O4/c1-22-16-13(7-20-15(21-16)10-27-2)24(17(22)25)18(26)23-8-11(9-23)28-14-6-4-3-5-12(14)19/h3-7,11H,8-10H2,1-2H3. The molecular weight excluding hydrogens is 369 g/mol. The lowest BCUT2D eigenvalue weighted by Gasteiger charge is -2.38. The van der Waals surface area contributed by atoms with Crippen LogP contribution >= 0.6 is 0 Å². The highest BCUT2D eigenvalue weighted by Gasteiger charge is 2.35. The smallest absolute Gasteiger partial charge is 0.338 e. The van der Waals surface area contributed by atoms with Crippen LogP contribution in [0.25, 0.3) is 11.2 Å². The van der Waals surface area contributed by atoms with Crippen LogP contribution in [0.3, 0.4) is 0 Å². The van der Waals surface area contributed by atoms with E-state index < -0.39 is 17.5 Å². The SMILES string of the molecule is COCc1ncc2c(n1)n(C)c(=O)n2C(=O)N1CC(Oc2ccccc2F)C1. The lowest BCUT2D eigenvalue weighted by Crippen LogP contribution is -2.58. The van der Waals surface area contributed by atoms with Gasteiger partial charge in [0.15, 0.2) is 23.0 Å².